The molecule has 1 unspecified atom stereocenters. The molecule has 1 rings (SSSR count). The fraction of sp³-hybridized carbons (Fsp3) is 0.182. The van der Waals surface area contributed by atoms with Crippen molar-refractivity contribution < 1.29 is 13.9 Å². The zero-order chi connectivity index (χ0) is 11.4. The number of halogens is 2. The summed E-state index contributed by atoms with van der Waals surface area (Å²) in [5.74, 6) is -0.721. The van der Waals surface area contributed by atoms with Gasteiger partial charge in [-0.3, -0.25) is 0 Å². The molecule has 1 aromatic carbocycles. The summed E-state index contributed by atoms with van der Waals surface area (Å²) in [5, 5.41) is 0. The molecular formula is C11H10FIO2. The number of rotatable bonds is 3. The Labute approximate surface area is 101 Å². The second-order valence-corrected chi connectivity index (χ2v) is 4.18. The highest BCUT2D eigenvalue weighted by Gasteiger charge is 2.20. The predicted octanol–water partition coefficient (Wildman–Crippen LogP) is 3.03. The summed E-state index contributed by atoms with van der Waals surface area (Å²) in [5.41, 5.74) is 0.226. The molecule has 80 valence electrons. The van der Waals surface area contributed by atoms with E-state index in [0.717, 1.165) is 3.57 Å². The van der Waals surface area contributed by atoms with Crippen molar-refractivity contribution in [2.75, 3.05) is 7.11 Å². The molecule has 0 heterocycles. The first-order chi connectivity index (χ1) is 7.06. The van der Waals surface area contributed by atoms with Gasteiger partial charge in [0.15, 0.2) is 6.17 Å². The third-order valence-electron chi connectivity index (χ3n) is 1.92. The summed E-state index contributed by atoms with van der Waals surface area (Å²) in [6.45, 7) is 3.37. The minimum Gasteiger partial charge on any atom is -0.466 e. The second kappa shape index (κ2) is 5.25. The van der Waals surface area contributed by atoms with Gasteiger partial charge in [-0.1, -0.05) is 18.7 Å². The maximum atomic E-state index is 13.7. The van der Waals surface area contributed by atoms with Crippen LogP contribution in [-0.4, -0.2) is 13.1 Å². The Morgan fingerprint density at radius 3 is 2.47 bits per heavy atom. The van der Waals surface area contributed by atoms with Gasteiger partial charge in [0, 0.05) is 3.57 Å². The smallest absolute Gasteiger partial charge is 0.336 e. The molecule has 0 amide bonds. The Kier molecular flexibility index (Phi) is 4.26. The lowest BCUT2D eigenvalue weighted by molar-refractivity contribution is -0.136. The molecule has 15 heavy (non-hydrogen) atoms. The first kappa shape index (κ1) is 12.2. The van der Waals surface area contributed by atoms with Crippen LogP contribution >= 0.6 is 22.6 Å². The predicted molar refractivity (Wildman–Crippen MR) is 64.2 cm³/mol. The summed E-state index contributed by atoms with van der Waals surface area (Å²) in [6, 6.07) is 6.79. The largest absolute Gasteiger partial charge is 0.466 e. The summed E-state index contributed by atoms with van der Waals surface area (Å²) in [4.78, 5) is 11.0. The van der Waals surface area contributed by atoms with Gasteiger partial charge >= 0.3 is 5.97 Å². The maximum Gasteiger partial charge on any atom is 0.336 e. The van der Waals surface area contributed by atoms with E-state index in [2.05, 4.69) is 33.9 Å². The van der Waals surface area contributed by atoms with Crippen molar-refractivity contribution in [3.05, 3.63) is 45.6 Å². The number of carbonyl (C=O) groups excluding carboxylic acids is 1. The van der Waals surface area contributed by atoms with Gasteiger partial charge in [0.05, 0.1) is 12.7 Å². The Hall–Kier alpha value is -0.910. The average Bonchev–Trinajstić information content (AvgIpc) is 2.27. The SMILES string of the molecule is C=C(C(=O)OC)C(F)c1ccc(I)cc1. The molecule has 2 nitrogen and oxygen atoms in total. The van der Waals surface area contributed by atoms with Crippen LogP contribution < -0.4 is 0 Å². The van der Waals surface area contributed by atoms with Gasteiger partial charge in [0.1, 0.15) is 0 Å². The molecule has 1 aromatic rings. The molecule has 0 bridgehead atoms. The third-order valence-corrected chi connectivity index (χ3v) is 2.64. The van der Waals surface area contributed by atoms with Crippen LogP contribution in [0.3, 0.4) is 0 Å². The van der Waals surface area contributed by atoms with Crippen LogP contribution in [-0.2, 0) is 9.53 Å². The van der Waals surface area contributed by atoms with E-state index in [4.69, 9.17) is 0 Å². The standard InChI is InChI=1S/C11H10FIO2/c1-7(11(14)15-2)10(12)8-3-5-9(13)6-4-8/h3-6,10H,1H2,2H3. The Morgan fingerprint density at radius 2 is 2.00 bits per heavy atom. The van der Waals surface area contributed by atoms with E-state index in [-0.39, 0.29) is 5.57 Å². The molecule has 0 fully saturated rings. The van der Waals surface area contributed by atoms with Crippen molar-refractivity contribution in [1.82, 2.24) is 0 Å². The van der Waals surface area contributed by atoms with Gasteiger partial charge in [-0.15, -0.1) is 0 Å². The van der Waals surface area contributed by atoms with E-state index >= 15 is 0 Å². The number of alkyl halides is 1. The van der Waals surface area contributed by atoms with Crippen molar-refractivity contribution in [2.24, 2.45) is 0 Å². The highest BCUT2D eigenvalue weighted by atomic mass is 127. The molecule has 0 saturated heterocycles. The van der Waals surface area contributed by atoms with Crippen molar-refractivity contribution in [3.63, 3.8) is 0 Å². The fourth-order valence-corrected chi connectivity index (χ4v) is 1.43. The Balaban J connectivity index is 2.85. The molecular weight excluding hydrogens is 310 g/mol. The van der Waals surface area contributed by atoms with Crippen molar-refractivity contribution in [2.45, 2.75) is 6.17 Å². The van der Waals surface area contributed by atoms with Gasteiger partial charge in [-0.25, -0.2) is 9.18 Å². The number of hydrogen-bond acceptors (Lipinski definition) is 2. The zero-order valence-electron chi connectivity index (χ0n) is 8.17. The molecule has 0 radical (unpaired) electrons. The van der Waals surface area contributed by atoms with E-state index in [0.29, 0.717) is 5.56 Å². The topological polar surface area (TPSA) is 26.3 Å². The fourth-order valence-electron chi connectivity index (χ4n) is 1.07. The van der Waals surface area contributed by atoms with E-state index in [1.807, 2.05) is 0 Å². The minimum absolute atomic E-state index is 0.182. The molecule has 0 N–H and O–H groups in total. The quantitative estimate of drug-likeness (QED) is 0.486. The van der Waals surface area contributed by atoms with Crippen LogP contribution in [0.15, 0.2) is 36.4 Å². The first-order valence-electron chi connectivity index (χ1n) is 4.23. The average molecular weight is 320 g/mol. The molecule has 1 atom stereocenters. The third kappa shape index (κ3) is 3.02. The highest BCUT2D eigenvalue weighted by Crippen LogP contribution is 2.25. The van der Waals surface area contributed by atoms with Gasteiger partial charge in [0.2, 0.25) is 0 Å². The maximum absolute atomic E-state index is 13.7. The molecule has 0 saturated carbocycles. The molecule has 0 spiro atoms. The van der Waals surface area contributed by atoms with Crippen molar-refractivity contribution in [1.29, 1.82) is 0 Å². The van der Waals surface area contributed by atoms with Gasteiger partial charge in [0.25, 0.3) is 0 Å². The monoisotopic (exact) mass is 320 g/mol. The van der Waals surface area contributed by atoms with E-state index < -0.39 is 12.1 Å². The minimum atomic E-state index is -1.51. The molecule has 0 aliphatic heterocycles. The number of ether oxygens (including phenoxy) is 1. The molecule has 0 aliphatic carbocycles. The second-order valence-electron chi connectivity index (χ2n) is 2.93. The normalized spacial score (nSPS) is 11.9. The van der Waals surface area contributed by atoms with Crippen LogP contribution in [0.1, 0.15) is 11.7 Å². The Morgan fingerprint density at radius 1 is 1.47 bits per heavy atom. The van der Waals surface area contributed by atoms with Crippen molar-refractivity contribution >= 4 is 28.6 Å². The number of hydrogen-bond donors (Lipinski definition) is 0. The first-order valence-corrected chi connectivity index (χ1v) is 5.30. The van der Waals surface area contributed by atoms with Gasteiger partial charge < -0.3 is 4.74 Å². The molecule has 4 heteroatoms. The van der Waals surface area contributed by atoms with Crippen LogP contribution in [0.2, 0.25) is 0 Å². The summed E-state index contributed by atoms with van der Waals surface area (Å²) in [7, 11) is 1.20. The number of benzene rings is 1. The summed E-state index contributed by atoms with van der Waals surface area (Å²) in [6.07, 6.45) is -1.51. The van der Waals surface area contributed by atoms with Gasteiger partial charge in [-0.2, -0.15) is 0 Å². The summed E-state index contributed by atoms with van der Waals surface area (Å²) < 4.78 is 19.1. The number of carbonyl (C=O) groups is 1. The molecule has 0 aliphatic rings. The van der Waals surface area contributed by atoms with Crippen molar-refractivity contribution in [3.8, 4) is 0 Å². The lowest BCUT2D eigenvalue weighted by Gasteiger charge is -2.09. The number of methoxy groups -OCH3 is 1. The number of esters is 1. The lowest BCUT2D eigenvalue weighted by Crippen LogP contribution is -2.09. The molecule has 0 aromatic heterocycles. The van der Waals surface area contributed by atoms with Gasteiger partial charge in [-0.05, 0) is 40.3 Å². The zero-order valence-corrected chi connectivity index (χ0v) is 10.3. The van der Waals surface area contributed by atoms with Crippen LogP contribution in [0.5, 0.6) is 0 Å². The Bertz CT molecular complexity index is 373. The van der Waals surface area contributed by atoms with Crippen LogP contribution in [0, 0.1) is 3.57 Å². The van der Waals surface area contributed by atoms with E-state index in [1.54, 1.807) is 24.3 Å². The summed E-state index contributed by atoms with van der Waals surface area (Å²) >= 11 is 2.12. The van der Waals surface area contributed by atoms with Crippen LogP contribution in [0.25, 0.3) is 0 Å². The van der Waals surface area contributed by atoms with E-state index in [9.17, 15) is 9.18 Å². The lowest BCUT2D eigenvalue weighted by atomic mass is 10.0. The van der Waals surface area contributed by atoms with E-state index in [1.165, 1.54) is 7.11 Å². The highest BCUT2D eigenvalue weighted by molar-refractivity contribution is 14.1. The van der Waals surface area contributed by atoms with Crippen LogP contribution in [0.4, 0.5) is 4.39 Å².